The fourth-order valence-electron chi connectivity index (χ4n) is 2.95. The molecule has 3 unspecified atom stereocenters. The monoisotopic (exact) mass is 209 g/mol. The predicted octanol–water partition coefficient (Wildman–Crippen LogP) is 1.50. The second kappa shape index (κ2) is 4.52. The van der Waals surface area contributed by atoms with E-state index in [4.69, 9.17) is 0 Å². The van der Waals surface area contributed by atoms with E-state index in [0.29, 0.717) is 18.1 Å². The van der Waals surface area contributed by atoms with Crippen LogP contribution >= 0.6 is 0 Å². The van der Waals surface area contributed by atoms with Crippen molar-refractivity contribution in [2.45, 2.75) is 51.2 Å². The maximum atomic E-state index is 4.64. The molecule has 2 rings (SSSR count). The first kappa shape index (κ1) is 10.9. The van der Waals surface area contributed by atoms with E-state index in [2.05, 4.69) is 42.4 Å². The Balaban J connectivity index is 1.97. The van der Waals surface area contributed by atoms with E-state index in [1.54, 1.807) is 0 Å². The molecule has 0 aromatic heterocycles. The summed E-state index contributed by atoms with van der Waals surface area (Å²) in [5.74, 6) is 0.846. The van der Waals surface area contributed by atoms with Gasteiger partial charge in [-0.3, -0.25) is 4.99 Å². The van der Waals surface area contributed by atoms with Gasteiger partial charge in [-0.05, 0) is 52.6 Å². The average molecular weight is 209 g/mol. The van der Waals surface area contributed by atoms with Crippen LogP contribution in [0.1, 0.15) is 33.1 Å². The largest absolute Gasteiger partial charge is 0.355 e. The van der Waals surface area contributed by atoms with Gasteiger partial charge in [0.15, 0.2) is 0 Å². The van der Waals surface area contributed by atoms with Gasteiger partial charge < -0.3 is 10.2 Å². The van der Waals surface area contributed by atoms with Crippen LogP contribution in [-0.4, -0.2) is 43.0 Å². The Morgan fingerprint density at radius 3 is 2.93 bits per heavy atom. The lowest BCUT2D eigenvalue weighted by molar-refractivity contribution is 0.176. The minimum absolute atomic E-state index is 0.584. The van der Waals surface area contributed by atoms with E-state index < -0.39 is 0 Å². The Labute approximate surface area is 92.9 Å². The van der Waals surface area contributed by atoms with Gasteiger partial charge in [0.05, 0.1) is 18.4 Å². The third-order valence-electron chi connectivity index (χ3n) is 3.75. The zero-order valence-corrected chi connectivity index (χ0v) is 10.1. The van der Waals surface area contributed by atoms with Gasteiger partial charge in [-0.2, -0.15) is 0 Å². The summed E-state index contributed by atoms with van der Waals surface area (Å²) in [6, 6.07) is 1.86. The molecule has 1 fully saturated rings. The number of fused-ring (bicyclic) bond motifs is 1. The van der Waals surface area contributed by atoms with Crippen LogP contribution in [-0.2, 0) is 0 Å². The number of nitrogens with one attached hydrogen (secondary N) is 1. The van der Waals surface area contributed by atoms with Crippen molar-refractivity contribution in [3.05, 3.63) is 0 Å². The number of hydrogen-bond acceptors (Lipinski definition) is 3. The smallest absolute Gasteiger partial charge is 0.0859 e. The Kier molecular flexibility index (Phi) is 3.29. The average Bonchev–Trinajstić information content (AvgIpc) is 2.61. The summed E-state index contributed by atoms with van der Waals surface area (Å²) >= 11 is 0. The third kappa shape index (κ3) is 2.17. The van der Waals surface area contributed by atoms with Crippen LogP contribution in [0.25, 0.3) is 0 Å². The van der Waals surface area contributed by atoms with Gasteiger partial charge in [0.25, 0.3) is 0 Å². The molecule has 0 spiro atoms. The highest BCUT2D eigenvalue weighted by Crippen LogP contribution is 2.33. The zero-order valence-electron chi connectivity index (χ0n) is 10.1. The van der Waals surface area contributed by atoms with Crippen molar-refractivity contribution in [1.29, 1.82) is 0 Å². The molecule has 3 atom stereocenters. The molecule has 0 radical (unpaired) electrons. The maximum Gasteiger partial charge on any atom is 0.0859 e. The summed E-state index contributed by atoms with van der Waals surface area (Å²) in [5, 5.41) is 3.30. The summed E-state index contributed by atoms with van der Waals surface area (Å²) in [6.07, 6.45) is 6.01. The number of nitrogens with zero attached hydrogens (tertiary/aromatic N) is 2. The molecule has 1 heterocycles. The lowest BCUT2D eigenvalue weighted by Crippen LogP contribution is -2.45. The second-order valence-electron chi connectivity index (χ2n) is 5.18. The van der Waals surface area contributed by atoms with Crippen molar-refractivity contribution in [2.24, 2.45) is 10.9 Å². The van der Waals surface area contributed by atoms with Gasteiger partial charge in [0.1, 0.15) is 0 Å². The first-order valence-electron chi connectivity index (χ1n) is 6.17. The minimum atomic E-state index is 0.584. The molecule has 0 bridgehead atoms. The number of hydrogen-bond donors (Lipinski definition) is 1. The Bertz CT molecular complexity index is 237. The van der Waals surface area contributed by atoms with Crippen molar-refractivity contribution < 1.29 is 0 Å². The van der Waals surface area contributed by atoms with Gasteiger partial charge >= 0.3 is 0 Å². The summed E-state index contributed by atoms with van der Waals surface area (Å²) in [5.41, 5.74) is 0. The summed E-state index contributed by atoms with van der Waals surface area (Å²) in [7, 11) is 2.05. The Morgan fingerprint density at radius 2 is 2.27 bits per heavy atom. The molecule has 15 heavy (non-hydrogen) atoms. The van der Waals surface area contributed by atoms with Gasteiger partial charge in [-0.15, -0.1) is 0 Å². The molecule has 0 amide bonds. The molecule has 0 saturated heterocycles. The van der Waals surface area contributed by atoms with E-state index >= 15 is 0 Å². The first-order valence-corrected chi connectivity index (χ1v) is 6.17. The van der Waals surface area contributed by atoms with Crippen LogP contribution in [0.4, 0.5) is 0 Å². The molecular weight excluding hydrogens is 186 g/mol. The number of rotatable bonds is 3. The Morgan fingerprint density at radius 1 is 1.47 bits per heavy atom. The molecule has 1 N–H and O–H groups in total. The lowest BCUT2D eigenvalue weighted by Gasteiger charge is -2.37. The minimum Gasteiger partial charge on any atom is -0.355 e. The van der Waals surface area contributed by atoms with E-state index in [1.807, 2.05) is 0 Å². The molecule has 2 aliphatic rings. The highest BCUT2D eigenvalue weighted by molar-refractivity contribution is 5.59. The molecule has 3 nitrogen and oxygen atoms in total. The van der Waals surface area contributed by atoms with Gasteiger partial charge in [0, 0.05) is 6.04 Å². The molecule has 0 aromatic carbocycles. The van der Waals surface area contributed by atoms with Gasteiger partial charge in [0.2, 0.25) is 0 Å². The standard InChI is InChI=1S/C12H23N3/c1-9(2)15-8-14-11-5-4-10(7-13-3)6-12(11)15/h8-13H,4-7H2,1-3H3. The van der Waals surface area contributed by atoms with Crippen LogP contribution in [0, 0.1) is 5.92 Å². The molecule has 0 aromatic rings. The number of aliphatic imine (C=N–C) groups is 1. The van der Waals surface area contributed by atoms with Crippen molar-refractivity contribution in [3.63, 3.8) is 0 Å². The molecule has 86 valence electrons. The first-order chi connectivity index (χ1) is 7.22. The van der Waals surface area contributed by atoms with Crippen LogP contribution < -0.4 is 5.32 Å². The molecular formula is C12H23N3. The lowest BCUT2D eigenvalue weighted by atomic mass is 9.82. The van der Waals surface area contributed by atoms with Crippen LogP contribution in [0.2, 0.25) is 0 Å². The topological polar surface area (TPSA) is 27.6 Å². The van der Waals surface area contributed by atoms with E-state index in [-0.39, 0.29) is 0 Å². The highest BCUT2D eigenvalue weighted by Gasteiger charge is 2.37. The van der Waals surface area contributed by atoms with E-state index in [1.165, 1.54) is 19.3 Å². The van der Waals surface area contributed by atoms with Crippen LogP contribution in [0.3, 0.4) is 0 Å². The maximum absolute atomic E-state index is 4.64. The Hall–Kier alpha value is -0.570. The van der Waals surface area contributed by atoms with Crippen molar-refractivity contribution in [3.8, 4) is 0 Å². The highest BCUT2D eigenvalue weighted by atomic mass is 15.3. The van der Waals surface area contributed by atoms with E-state index in [0.717, 1.165) is 12.5 Å². The van der Waals surface area contributed by atoms with E-state index in [9.17, 15) is 0 Å². The molecule has 1 aliphatic heterocycles. The zero-order chi connectivity index (χ0) is 10.8. The normalized spacial score (nSPS) is 34.9. The van der Waals surface area contributed by atoms with Crippen molar-refractivity contribution >= 4 is 6.34 Å². The van der Waals surface area contributed by atoms with Crippen molar-refractivity contribution in [1.82, 2.24) is 10.2 Å². The summed E-state index contributed by atoms with van der Waals surface area (Å²) in [4.78, 5) is 7.09. The fraction of sp³-hybridized carbons (Fsp3) is 0.917. The van der Waals surface area contributed by atoms with Gasteiger partial charge in [-0.25, -0.2) is 0 Å². The third-order valence-corrected chi connectivity index (χ3v) is 3.75. The summed E-state index contributed by atoms with van der Waals surface area (Å²) < 4.78 is 0. The SMILES string of the molecule is CNCC1CCC2N=CN(C(C)C)C2C1. The quantitative estimate of drug-likeness (QED) is 0.762. The fourth-order valence-corrected chi connectivity index (χ4v) is 2.95. The van der Waals surface area contributed by atoms with Crippen LogP contribution in [0.15, 0.2) is 4.99 Å². The second-order valence-corrected chi connectivity index (χ2v) is 5.18. The predicted molar refractivity (Wildman–Crippen MR) is 64.3 cm³/mol. The van der Waals surface area contributed by atoms with Crippen LogP contribution in [0.5, 0.6) is 0 Å². The van der Waals surface area contributed by atoms with Crippen molar-refractivity contribution in [2.75, 3.05) is 13.6 Å². The molecule has 1 aliphatic carbocycles. The molecule has 3 heteroatoms. The van der Waals surface area contributed by atoms with Gasteiger partial charge in [-0.1, -0.05) is 0 Å². The summed E-state index contributed by atoms with van der Waals surface area (Å²) in [6.45, 7) is 5.68. The molecule has 1 saturated carbocycles.